The molecule has 0 aliphatic carbocycles. The number of carbonyl (C=O) groups is 1. The van der Waals surface area contributed by atoms with Crippen LogP contribution in [0.5, 0.6) is 0 Å². The van der Waals surface area contributed by atoms with Crippen molar-refractivity contribution in [1.29, 1.82) is 0 Å². The predicted molar refractivity (Wildman–Crippen MR) is 66.1 cm³/mol. The molecule has 1 amide bonds. The van der Waals surface area contributed by atoms with Crippen molar-refractivity contribution in [1.82, 2.24) is 14.8 Å². The van der Waals surface area contributed by atoms with Gasteiger partial charge in [0, 0.05) is 18.8 Å². The Morgan fingerprint density at radius 3 is 2.94 bits per heavy atom. The Kier molecular flexibility index (Phi) is 3.38. The van der Waals surface area contributed by atoms with Crippen LogP contribution in [0.4, 0.5) is 5.82 Å². The van der Waals surface area contributed by atoms with Gasteiger partial charge in [0.05, 0.1) is 12.3 Å². The van der Waals surface area contributed by atoms with Gasteiger partial charge in [0.15, 0.2) is 0 Å². The van der Waals surface area contributed by atoms with Gasteiger partial charge in [-0.05, 0) is 19.1 Å². The minimum Gasteiger partial charge on any atom is -0.392 e. The van der Waals surface area contributed by atoms with E-state index in [9.17, 15) is 4.79 Å². The first-order chi connectivity index (χ1) is 8.61. The Morgan fingerprint density at radius 2 is 2.33 bits per heavy atom. The molecule has 0 radical (unpaired) electrons. The van der Waals surface area contributed by atoms with E-state index in [4.69, 9.17) is 5.11 Å². The third-order valence-electron chi connectivity index (χ3n) is 2.53. The summed E-state index contributed by atoms with van der Waals surface area (Å²) in [5, 5.41) is 15.9. The Bertz CT molecular complexity index is 577. The predicted octanol–water partition coefficient (Wildman–Crippen LogP) is 0.868. The highest BCUT2D eigenvalue weighted by Gasteiger charge is 2.13. The number of nitrogens with zero attached hydrogens (tertiary/aromatic N) is 3. The molecule has 94 valence electrons. The Balaban J connectivity index is 2.24. The van der Waals surface area contributed by atoms with Gasteiger partial charge in [0.2, 0.25) is 0 Å². The summed E-state index contributed by atoms with van der Waals surface area (Å²) in [4.78, 5) is 16.1. The zero-order valence-corrected chi connectivity index (χ0v) is 10.2. The van der Waals surface area contributed by atoms with E-state index in [1.54, 1.807) is 31.4 Å². The third kappa shape index (κ3) is 2.38. The Labute approximate surface area is 104 Å². The van der Waals surface area contributed by atoms with E-state index in [1.165, 1.54) is 4.68 Å². The fourth-order valence-corrected chi connectivity index (χ4v) is 1.67. The van der Waals surface area contributed by atoms with Crippen LogP contribution in [0.1, 0.15) is 21.7 Å². The maximum Gasteiger partial charge on any atom is 0.275 e. The summed E-state index contributed by atoms with van der Waals surface area (Å²) in [7, 11) is 1.70. The number of pyridine rings is 1. The number of nitrogens with one attached hydrogen (secondary N) is 1. The largest absolute Gasteiger partial charge is 0.392 e. The molecule has 2 aromatic rings. The van der Waals surface area contributed by atoms with Crippen LogP contribution in [0.3, 0.4) is 0 Å². The van der Waals surface area contributed by atoms with Crippen LogP contribution in [0.25, 0.3) is 0 Å². The van der Waals surface area contributed by atoms with Crippen LogP contribution in [-0.2, 0) is 13.7 Å². The summed E-state index contributed by atoms with van der Waals surface area (Å²) in [5.41, 5.74) is 1.79. The van der Waals surface area contributed by atoms with Crippen molar-refractivity contribution in [3.05, 3.63) is 41.3 Å². The van der Waals surface area contributed by atoms with Crippen LogP contribution in [-0.4, -0.2) is 25.8 Å². The molecule has 0 aliphatic rings. The van der Waals surface area contributed by atoms with E-state index in [2.05, 4.69) is 15.4 Å². The maximum absolute atomic E-state index is 12.0. The van der Waals surface area contributed by atoms with Crippen LogP contribution in [0.15, 0.2) is 24.4 Å². The third-order valence-corrected chi connectivity index (χ3v) is 2.53. The second-order valence-corrected chi connectivity index (χ2v) is 3.92. The molecule has 6 nitrogen and oxygen atoms in total. The summed E-state index contributed by atoms with van der Waals surface area (Å²) in [6.07, 6.45) is 1.56. The quantitative estimate of drug-likeness (QED) is 0.842. The monoisotopic (exact) mass is 246 g/mol. The lowest BCUT2D eigenvalue weighted by atomic mass is 10.2. The molecule has 0 spiro atoms. The first-order valence-electron chi connectivity index (χ1n) is 5.48. The molecule has 18 heavy (non-hydrogen) atoms. The molecule has 2 heterocycles. The van der Waals surface area contributed by atoms with Gasteiger partial charge >= 0.3 is 0 Å². The molecule has 0 saturated carbocycles. The summed E-state index contributed by atoms with van der Waals surface area (Å²) in [5.74, 6) is 0.0651. The topological polar surface area (TPSA) is 80.0 Å². The molecule has 0 aromatic carbocycles. The Morgan fingerprint density at radius 1 is 1.56 bits per heavy atom. The highest BCUT2D eigenvalue weighted by atomic mass is 16.3. The molecular weight excluding hydrogens is 232 g/mol. The molecule has 0 bridgehead atoms. The van der Waals surface area contributed by atoms with E-state index in [1.807, 2.05) is 6.92 Å². The highest BCUT2D eigenvalue weighted by Crippen LogP contribution is 2.13. The second kappa shape index (κ2) is 4.97. The molecule has 0 aliphatic heterocycles. The number of aromatic nitrogens is 3. The van der Waals surface area contributed by atoms with E-state index in [0.29, 0.717) is 17.1 Å². The lowest BCUT2D eigenvalue weighted by Gasteiger charge is -2.07. The number of anilines is 1. The number of hydrogen-bond acceptors (Lipinski definition) is 4. The molecule has 2 N–H and O–H groups in total. The molecule has 2 aromatic heterocycles. The van der Waals surface area contributed by atoms with Gasteiger partial charge in [0.1, 0.15) is 11.5 Å². The number of aliphatic hydroxyl groups excluding tert-OH is 1. The minimum absolute atomic E-state index is 0.173. The van der Waals surface area contributed by atoms with Gasteiger partial charge in [-0.15, -0.1) is 0 Å². The summed E-state index contributed by atoms with van der Waals surface area (Å²) >= 11 is 0. The highest BCUT2D eigenvalue weighted by molar-refractivity contribution is 6.02. The average molecular weight is 246 g/mol. The van der Waals surface area contributed by atoms with Crippen molar-refractivity contribution in [2.75, 3.05) is 5.32 Å². The zero-order valence-electron chi connectivity index (χ0n) is 10.2. The van der Waals surface area contributed by atoms with Crippen molar-refractivity contribution in [3.8, 4) is 0 Å². The van der Waals surface area contributed by atoms with Crippen molar-refractivity contribution < 1.29 is 9.90 Å². The average Bonchev–Trinajstić information content (AvgIpc) is 2.69. The molecular formula is C12H14N4O2. The van der Waals surface area contributed by atoms with Crippen molar-refractivity contribution >= 4 is 11.7 Å². The van der Waals surface area contributed by atoms with Crippen LogP contribution in [0.2, 0.25) is 0 Å². The number of amides is 1. The van der Waals surface area contributed by atoms with E-state index in [0.717, 1.165) is 5.69 Å². The second-order valence-electron chi connectivity index (χ2n) is 3.92. The molecule has 0 unspecified atom stereocenters. The SMILES string of the molecule is Cc1cc(C(=O)Nc2ncccc2CO)n(C)n1. The van der Waals surface area contributed by atoms with E-state index in [-0.39, 0.29) is 12.5 Å². The Hall–Kier alpha value is -2.21. The fraction of sp³-hybridized carbons (Fsp3) is 0.250. The van der Waals surface area contributed by atoms with Crippen LogP contribution in [0, 0.1) is 6.92 Å². The molecule has 0 atom stereocenters. The van der Waals surface area contributed by atoms with Crippen LogP contribution < -0.4 is 5.32 Å². The van der Waals surface area contributed by atoms with Crippen molar-refractivity contribution in [2.24, 2.45) is 7.05 Å². The first-order valence-corrected chi connectivity index (χ1v) is 5.48. The lowest BCUT2D eigenvalue weighted by molar-refractivity contribution is 0.101. The minimum atomic E-state index is -0.300. The van der Waals surface area contributed by atoms with Gasteiger partial charge in [0.25, 0.3) is 5.91 Å². The molecule has 0 fully saturated rings. The fourth-order valence-electron chi connectivity index (χ4n) is 1.67. The lowest BCUT2D eigenvalue weighted by Crippen LogP contribution is -2.17. The first kappa shape index (κ1) is 12.3. The van der Waals surface area contributed by atoms with Crippen molar-refractivity contribution in [2.45, 2.75) is 13.5 Å². The number of hydrogen-bond donors (Lipinski definition) is 2. The number of rotatable bonds is 3. The van der Waals surface area contributed by atoms with Gasteiger partial charge in [-0.3, -0.25) is 9.48 Å². The summed E-state index contributed by atoms with van der Waals surface area (Å²) < 4.78 is 1.51. The summed E-state index contributed by atoms with van der Waals surface area (Å²) in [6.45, 7) is 1.64. The van der Waals surface area contributed by atoms with Gasteiger partial charge in [-0.1, -0.05) is 6.07 Å². The number of aryl methyl sites for hydroxylation is 2. The molecule has 6 heteroatoms. The van der Waals surface area contributed by atoms with E-state index >= 15 is 0 Å². The van der Waals surface area contributed by atoms with Gasteiger partial charge in [-0.25, -0.2) is 4.98 Å². The van der Waals surface area contributed by atoms with Crippen molar-refractivity contribution in [3.63, 3.8) is 0 Å². The molecule has 0 saturated heterocycles. The number of aliphatic hydroxyl groups is 1. The number of carbonyl (C=O) groups excluding carboxylic acids is 1. The normalized spacial score (nSPS) is 10.4. The van der Waals surface area contributed by atoms with Gasteiger partial charge < -0.3 is 10.4 Å². The standard InChI is InChI=1S/C12H14N4O2/c1-8-6-10(16(2)15-8)12(18)14-11-9(7-17)4-3-5-13-11/h3-6,17H,7H2,1-2H3,(H,13,14,18). The smallest absolute Gasteiger partial charge is 0.275 e. The summed E-state index contributed by atoms with van der Waals surface area (Å²) in [6, 6.07) is 5.10. The van der Waals surface area contributed by atoms with E-state index < -0.39 is 0 Å². The zero-order chi connectivity index (χ0) is 13.1. The molecule has 2 rings (SSSR count). The van der Waals surface area contributed by atoms with Crippen LogP contribution >= 0.6 is 0 Å². The van der Waals surface area contributed by atoms with Gasteiger partial charge in [-0.2, -0.15) is 5.10 Å². The maximum atomic E-state index is 12.0.